The van der Waals surface area contributed by atoms with Crippen LogP contribution in [0.1, 0.15) is 67.2 Å². The molecular weight excluding hydrogens is 276 g/mol. The van der Waals surface area contributed by atoms with E-state index in [2.05, 4.69) is 53.1 Å². The van der Waals surface area contributed by atoms with E-state index in [9.17, 15) is 0 Å². The fourth-order valence-corrected chi connectivity index (χ4v) is 4.30. The van der Waals surface area contributed by atoms with E-state index in [-0.39, 0.29) is 0 Å². The Labute approximate surface area is 137 Å². The van der Waals surface area contributed by atoms with E-state index < -0.39 is 0 Å². The fourth-order valence-electron chi connectivity index (χ4n) is 3.72. The molecule has 0 aromatic rings. The van der Waals surface area contributed by atoms with Gasteiger partial charge in [-0.3, -0.25) is 4.99 Å². The molecule has 21 heavy (non-hydrogen) atoms. The molecule has 1 N–H and O–H groups in total. The molecule has 2 nitrogen and oxygen atoms in total. The molecule has 0 heterocycles. The minimum atomic E-state index is 0.459. The third kappa shape index (κ3) is 5.50. The average Bonchev–Trinajstić information content (AvgIpc) is 2.46. The number of amidine groups is 1. The van der Waals surface area contributed by atoms with Crippen LogP contribution in [0.15, 0.2) is 4.99 Å². The Morgan fingerprint density at radius 3 is 2.38 bits per heavy atom. The molecule has 1 aliphatic rings. The van der Waals surface area contributed by atoms with Crippen molar-refractivity contribution < 1.29 is 0 Å². The first-order valence-corrected chi connectivity index (χ1v) is 10.0. The van der Waals surface area contributed by atoms with Crippen LogP contribution in [0.3, 0.4) is 0 Å². The van der Waals surface area contributed by atoms with Crippen molar-refractivity contribution in [3.05, 3.63) is 0 Å². The van der Waals surface area contributed by atoms with Crippen molar-refractivity contribution >= 4 is 16.9 Å². The summed E-state index contributed by atoms with van der Waals surface area (Å²) in [6.07, 6.45) is 7.36. The Morgan fingerprint density at radius 1 is 1.24 bits per heavy atom. The summed E-state index contributed by atoms with van der Waals surface area (Å²) in [5.74, 6) is 3.14. The molecule has 5 atom stereocenters. The maximum atomic E-state index is 5.20. The van der Waals surface area contributed by atoms with Crippen LogP contribution in [-0.2, 0) is 0 Å². The molecular formula is C18H36N2S. The van der Waals surface area contributed by atoms with Crippen LogP contribution < -0.4 is 5.32 Å². The number of rotatable bonds is 5. The smallest absolute Gasteiger partial charge is 0.156 e. The first-order chi connectivity index (χ1) is 9.92. The molecule has 1 rings (SSSR count). The van der Waals surface area contributed by atoms with Crippen LogP contribution in [0, 0.1) is 23.7 Å². The quantitative estimate of drug-likeness (QED) is 0.558. The van der Waals surface area contributed by atoms with Crippen molar-refractivity contribution in [3.63, 3.8) is 0 Å². The van der Waals surface area contributed by atoms with Crippen molar-refractivity contribution in [2.45, 2.75) is 79.3 Å². The molecule has 0 amide bonds. The second-order valence-electron chi connectivity index (χ2n) is 7.22. The molecule has 0 saturated heterocycles. The Morgan fingerprint density at radius 2 is 1.90 bits per heavy atom. The molecule has 0 aliphatic heterocycles. The van der Waals surface area contributed by atoms with Gasteiger partial charge in [0, 0.05) is 6.04 Å². The van der Waals surface area contributed by atoms with Gasteiger partial charge in [-0.25, -0.2) is 0 Å². The average molecular weight is 313 g/mol. The topological polar surface area (TPSA) is 24.4 Å². The monoisotopic (exact) mass is 312 g/mol. The summed E-state index contributed by atoms with van der Waals surface area (Å²) < 4.78 is 0. The van der Waals surface area contributed by atoms with Crippen LogP contribution in [-0.4, -0.2) is 23.5 Å². The van der Waals surface area contributed by atoms with E-state index in [1.807, 2.05) is 0 Å². The highest BCUT2D eigenvalue weighted by molar-refractivity contribution is 8.13. The first kappa shape index (κ1) is 18.9. The first-order valence-electron chi connectivity index (χ1n) is 8.81. The van der Waals surface area contributed by atoms with Gasteiger partial charge in [-0.2, -0.15) is 0 Å². The van der Waals surface area contributed by atoms with Crippen molar-refractivity contribution in [2.24, 2.45) is 28.7 Å². The van der Waals surface area contributed by atoms with Gasteiger partial charge in [0.05, 0.1) is 6.04 Å². The minimum absolute atomic E-state index is 0.459. The molecule has 1 aliphatic carbocycles. The highest BCUT2D eigenvalue weighted by atomic mass is 32.2. The maximum Gasteiger partial charge on any atom is 0.156 e. The standard InChI is InChI=1S/C18H36N2S/c1-8-14(6)16-11-13(5)10-15(9-2)17(16)20-18(21-7)19-12(3)4/h12-17H,8-11H2,1-7H3,(H,19,20). The van der Waals surface area contributed by atoms with Crippen molar-refractivity contribution in [2.75, 3.05) is 6.26 Å². The minimum Gasteiger partial charge on any atom is -0.363 e. The van der Waals surface area contributed by atoms with E-state index >= 15 is 0 Å². The number of hydrogen-bond donors (Lipinski definition) is 1. The Kier molecular flexibility index (Phi) is 8.15. The van der Waals surface area contributed by atoms with Crippen LogP contribution in [0.4, 0.5) is 0 Å². The second kappa shape index (κ2) is 9.07. The molecule has 1 saturated carbocycles. The number of aliphatic imine (C=N–C) groups is 1. The van der Waals surface area contributed by atoms with Crippen LogP contribution in [0.2, 0.25) is 0 Å². The number of thioether (sulfide) groups is 1. The van der Waals surface area contributed by atoms with Crippen LogP contribution in [0.5, 0.6) is 0 Å². The summed E-state index contributed by atoms with van der Waals surface area (Å²) in [5.41, 5.74) is 0. The van der Waals surface area contributed by atoms with Crippen molar-refractivity contribution in [1.82, 2.24) is 5.32 Å². The molecule has 0 bridgehead atoms. The number of hydrogen-bond acceptors (Lipinski definition) is 2. The van der Waals surface area contributed by atoms with E-state index in [1.165, 1.54) is 25.7 Å². The normalized spacial score (nSPS) is 32.3. The predicted octanol–water partition coefficient (Wildman–Crippen LogP) is 5.19. The van der Waals surface area contributed by atoms with E-state index in [0.717, 1.165) is 28.8 Å². The molecule has 0 aromatic carbocycles. The molecule has 0 spiro atoms. The maximum absolute atomic E-state index is 5.20. The van der Waals surface area contributed by atoms with Crippen molar-refractivity contribution in [3.8, 4) is 0 Å². The van der Waals surface area contributed by atoms with E-state index in [4.69, 9.17) is 4.99 Å². The lowest BCUT2D eigenvalue weighted by Gasteiger charge is -2.42. The van der Waals surface area contributed by atoms with E-state index in [1.54, 1.807) is 11.8 Å². The molecule has 0 aromatic heterocycles. The molecule has 1 fully saturated rings. The van der Waals surface area contributed by atoms with Gasteiger partial charge >= 0.3 is 0 Å². The summed E-state index contributed by atoms with van der Waals surface area (Å²) in [7, 11) is 0. The van der Waals surface area contributed by atoms with Gasteiger partial charge in [-0.1, -0.05) is 52.3 Å². The van der Waals surface area contributed by atoms with E-state index in [0.29, 0.717) is 12.1 Å². The lowest BCUT2D eigenvalue weighted by molar-refractivity contribution is 0.123. The number of nitrogens with one attached hydrogen (secondary N) is 1. The zero-order valence-electron chi connectivity index (χ0n) is 15.1. The predicted molar refractivity (Wildman–Crippen MR) is 98.1 cm³/mol. The zero-order chi connectivity index (χ0) is 16.0. The lowest BCUT2D eigenvalue weighted by atomic mass is 9.67. The third-order valence-corrected chi connectivity index (χ3v) is 5.68. The molecule has 124 valence electrons. The van der Waals surface area contributed by atoms with Gasteiger partial charge in [-0.05, 0) is 56.6 Å². The second-order valence-corrected chi connectivity index (χ2v) is 8.02. The summed E-state index contributed by atoms with van der Waals surface area (Å²) in [6, 6.07) is 0.968. The largest absolute Gasteiger partial charge is 0.363 e. The van der Waals surface area contributed by atoms with Crippen molar-refractivity contribution in [1.29, 1.82) is 0 Å². The Hall–Kier alpha value is -0.180. The summed E-state index contributed by atoms with van der Waals surface area (Å²) in [4.78, 5) is 5.20. The summed E-state index contributed by atoms with van der Waals surface area (Å²) in [6.45, 7) is 13.9. The third-order valence-electron chi connectivity index (χ3n) is 5.07. The molecule has 5 unspecified atom stereocenters. The van der Waals surface area contributed by atoms with Gasteiger partial charge in [0.1, 0.15) is 0 Å². The summed E-state index contributed by atoms with van der Waals surface area (Å²) >= 11 is 1.77. The molecule has 3 heteroatoms. The van der Waals surface area contributed by atoms with Gasteiger partial charge < -0.3 is 5.32 Å². The van der Waals surface area contributed by atoms with Crippen LogP contribution >= 0.6 is 11.8 Å². The van der Waals surface area contributed by atoms with Gasteiger partial charge in [0.15, 0.2) is 5.17 Å². The summed E-state index contributed by atoms with van der Waals surface area (Å²) in [5, 5.41) is 4.66. The lowest BCUT2D eigenvalue weighted by Crippen LogP contribution is -2.40. The number of nitrogens with zero attached hydrogens (tertiary/aromatic N) is 1. The van der Waals surface area contributed by atoms with Gasteiger partial charge in [0.2, 0.25) is 0 Å². The highest BCUT2D eigenvalue weighted by Crippen LogP contribution is 2.41. The zero-order valence-corrected chi connectivity index (χ0v) is 16.0. The van der Waals surface area contributed by atoms with Gasteiger partial charge in [-0.15, -0.1) is 0 Å². The fraction of sp³-hybridized carbons (Fsp3) is 0.944. The van der Waals surface area contributed by atoms with Crippen LogP contribution in [0.25, 0.3) is 0 Å². The molecule has 0 radical (unpaired) electrons. The Bertz CT molecular complexity index is 327. The van der Waals surface area contributed by atoms with Gasteiger partial charge in [0.25, 0.3) is 0 Å². The Balaban J connectivity index is 3.00. The highest BCUT2D eigenvalue weighted by Gasteiger charge is 2.37. The SMILES string of the molecule is CCC(C)C1CC(C)CC(CC)C1N=C(NC(C)C)SC.